The van der Waals surface area contributed by atoms with Crippen LogP contribution in [-0.4, -0.2) is 24.3 Å². The lowest BCUT2D eigenvalue weighted by atomic mass is 10.1. The van der Waals surface area contributed by atoms with Gasteiger partial charge in [0.25, 0.3) is 5.78 Å². The summed E-state index contributed by atoms with van der Waals surface area (Å²) in [6.45, 7) is 1.71. The minimum Gasteiger partial charge on any atom is -0.462 e. The molecule has 1 aliphatic rings. The van der Waals surface area contributed by atoms with E-state index in [-0.39, 0.29) is 17.9 Å². The number of carbonyl (C=O) groups excluding carboxylic acids is 3. The Labute approximate surface area is 117 Å². The van der Waals surface area contributed by atoms with E-state index in [2.05, 4.69) is 15.9 Å². The van der Waals surface area contributed by atoms with Crippen molar-refractivity contribution in [3.63, 3.8) is 0 Å². The van der Waals surface area contributed by atoms with Crippen LogP contribution in [0.2, 0.25) is 0 Å². The molecule has 6 heteroatoms. The molecule has 19 heavy (non-hydrogen) atoms. The third-order valence-corrected chi connectivity index (χ3v) is 3.12. The zero-order chi connectivity index (χ0) is 14.0. The van der Waals surface area contributed by atoms with Gasteiger partial charge in [0, 0.05) is 10.0 Å². The van der Waals surface area contributed by atoms with Crippen LogP contribution in [0.1, 0.15) is 12.5 Å². The number of hydrogen-bond acceptors (Lipinski definition) is 5. The fraction of sp³-hybridized carbons (Fsp3) is 0.154. The Morgan fingerprint density at radius 3 is 2.63 bits per heavy atom. The van der Waals surface area contributed by atoms with E-state index < -0.39 is 17.7 Å². The van der Waals surface area contributed by atoms with E-state index in [0.29, 0.717) is 10.0 Å². The molecule has 1 aliphatic heterocycles. The molecule has 0 N–H and O–H groups in total. The van der Waals surface area contributed by atoms with Crippen molar-refractivity contribution >= 4 is 39.4 Å². The normalized spacial score (nSPS) is 14.6. The third kappa shape index (κ3) is 2.44. The zero-order valence-corrected chi connectivity index (χ0v) is 11.5. The van der Waals surface area contributed by atoms with Crippen LogP contribution in [0, 0.1) is 0 Å². The topological polar surface area (TPSA) is 69.7 Å². The van der Waals surface area contributed by atoms with Crippen molar-refractivity contribution in [1.29, 1.82) is 0 Å². The van der Waals surface area contributed by atoms with Gasteiger partial charge in [0.05, 0.1) is 6.61 Å². The largest absolute Gasteiger partial charge is 0.462 e. The molecule has 0 amide bonds. The summed E-state index contributed by atoms with van der Waals surface area (Å²) in [6.07, 6.45) is 0. The molecule has 0 fully saturated rings. The van der Waals surface area contributed by atoms with Crippen molar-refractivity contribution in [3.05, 3.63) is 39.9 Å². The average Bonchev–Trinajstić information content (AvgIpc) is 2.66. The van der Waals surface area contributed by atoms with E-state index in [1.165, 1.54) is 0 Å². The lowest BCUT2D eigenvalue weighted by molar-refractivity contribution is -0.147. The third-order valence-electron chi connectivity index (χ3n) is 2.43. The van der Waals surface area contributed by atoms with Gasteiger partial charge < -0.3 is 9.47 Å². The first-order valence-electron chi connectivity index (χ1n) is 5.49. The molecule has 1 aromatic rings. The number of Topliss-reactive ketones (excluding diaryl/α,β-unsaturated/α-hetero) is 1. The molecule has 0 aromatic heterocycles. The minimum atomic E-state index is -1.08. The van der Waals surface area contributed by atoms with Crippen LogP contribution in [0.4, 0.5) is 0 Å². The van der Waals surface area contributed by atoms with Gasteiger partial charge in [0.2, 0.25) is 0 Å². The fourth-order valence-electron chi connectivity index (χ4n) is 1.62. The van der Waals surface area contributed by atoms with Crippen LogP contribution in [0.15, 0.2) is 34.3 Å². The molecule has 0 radical (unpaired) electrons. The number of carbonyl (C=O) groups is 3. The average molecular weight is 325 g/mol. The van der Waals surface area contributed by atoms with E-state index >= 15 is 0 Å². The predicted molar refractivity (Wildman–Crippen MR) is 68.8 cm³/mol. The molecule has 0 aliphatic carbocycles. The van der Waals surface area contributed by atoms with Gasteiger partial charge in [-0.05, 0) is 13.0 Å². The van der Waals surface area contributed by atoms with E-state index in [0.717, 1.165) is 0 Å². The van der Waals surface area contributed by atoms with Crippen LogP contribution < -0.4 is 0 Å². The van der Waals surface area contributed by atoms with Gasteiger partial charge in [0.15, 0.2) is 11.3 Å². The lowest BCUT2D eigenvalue weighted by Gasteiger charge is -2.06. The van der Waals surface area contributed by atoms with Crippen LogP contribution in [0.3, 0.4) is 0 Å². The maximum atomic E-state index is 11.7. The monoisotopic (exact) mass is 324 g/mol. The van der Waals surface area contributed by atoms with Crippen molar-refractivity contribution in [1.82, 2.24) is 0 Å². The number of ether oxygens (including phenoxy) is 2. The summed E-state index contributed by atoms with van der Waals surface area (Å²) in [7, 11) is 0. The van der Waals surface area contributed by atoms with Gasteiger partial charge in [-0.25, -0.2) is 9.59 Å². The highest BCUT2D eigenvalue weighted by atomic mass is 79.9. The van der Waals surface area contributed by atoms with E-state index in [4.69, 9.17) is 9.47 Å². The summed E-state index contributed by atoms with van der Waals surface area (Å²) in [5.41, 5.74) is 0.0866. The summed E-state index contributed by atoms with van der Waals surface area (Å²) >= 11 is 3.27. The molecular weight excluding hydrogens is 316 g/mol. The second-order valence-electron chi connectivity index (χ2n) is 3.62. The summed E-state index contributed by atoms with van der Waals surface area (Å²) in [5.74, 6) is -2.98. The Balaban J connectivity index is 2.56. The number of ketones is 1. The summed E-state index contributed by atoms with van der Waals surface area (Å²) in [5, 5.41) is 0. The fourth-order valence-corrected chi connectivity index (χ4v) is 2.08. The molecule has 5 nitrogen and oxygen atoms in total. The maximum absolute atomic E-state index is 11.7. The van der Waals surface area contributed by atoms with E-state index in [1.807, 2.05) is 0 Å². The molecule has 1 aromatic carbocycles. The predicted octanol–water partition coefficient (Wildman–Crippen LogP) is 1.85. The number of cyclic esters (lactones) is 1. The van der Waals surface area contributed by atoms with Gasteiger partial charge in [-0.2, -0.15) is 0 Å². The molecule has 2 rings (SSSR count). The van der Waals surface area contributed by atoms with E-state index in [9.17, 15) is 14.4 Å². The quantitative estimate of drug-likeness (QED) is 0.482. The van der Waals surface area contributed by atoms with Gasteiger partial charge in [-0.15, -0.1) is 0 Å². The molecule has 0 atom stereocenters. The molecule has 1 heterocycles. The molecule has 0 saturated carbocycles. The summed E-state index contributed by atoms with van der Waals surface area (Å²) < 4.78 is 10.3. The second-order valence-corrected chi connectivity index (χ2v) is 4.48. The Bertz CT molecular complexity index is 603. The van der Waals surface area contributed by atoms with Crippen molar-refractivity contribution in [2.45, 2.75) is 6.92 Å². The molecule has 0 spiro atoms. The molecule has 0 saturated heterocycles. The van der Waals surface area contributed by atoms with Crippen molar-refractivity contribution < 1.29 is 23.9 Å². The Kier molecular flexibility index (Phi) is 3.80. The number of rotatable bonds is 3. The first kappa shape index (κ1) is 13.5. The maximum Gasteiger partial charge on any atom is 0.385 e. The number of esters is 2. The highest BCUT2D eigenvalue weighted by Gasteiger charge is 2.40. The van der Waals surface area contributed by atoms with Gasteiger partial charge in [-0.3, -0.25) is 4.79 Å². The van der Waals surface area contributed by atoms with E-state index in [1.54, 1.807) is 31.2 Å². The first-order chi connectivity index (χ1) is 9.06. The Hall–Kier alpha value is -1.95. The smallest absolute Gasteiger partial charge is 0.385 e. The number of benzene rings is 1. The van der Waals surface area contributed by atoms with Gasteiger partial charge in [0.1, 0.15) is 0 Å². The zero-order valence-electron chi connectivity index (χ0n) is 9.94. The van der Waals surface area contributed by atoms with Crippen molar-refractivity contribution in [2.24, 2.45) is 0 Å². The SMILES string of the molecule is CCOC(=O)C1=C(c2ccccc2Br)OC(=O)C1=O. The van der Waals surface area contributed by atoms with Crippen LogP contribution in [0.25, 0.3) is 5.76 Å². The first-order valence-corrected chi connectivity index (χ1v) is 6.28. The molecule has 98 valence electrons. The van der Waals surface area contributed by atoms with Crippen molar-refractivity contribution in [3.8, 4) is 0 Å². The Morgan fingerprint density at radius 2 is 2.00 bits per heavy atom. The highest BCUT2D eigenvalue weighted by molar-refractivity contribution is 9.10. The van der Waals surface area contributed by atoms with Crippen LogP contribution in [0.5, 0.6) is 0 Å². The lowest BCUT2D eigenvalue weighted by Crippen LogP contribution is -2.17. The summed E-state index contributed by atoms with van der Waals surface area (Å²) in [4.78, 5) is 34.8. The molecule has 0 unspecified atom stereocenters. The Morgan fingerprint density at radius 1 is 1.32 bits per heavy atom. The standard InChI is InChI=1S/C13H9BrO5/c1-2-18-12(16)9-10(15)13(17)19-11(9)7-5-3-4-6-8(7)14/h3-6H,2H2,1H3. The second kappa shape index (κ2) is 5.36. The highest BCUT2D eigenvalue weighted by Crippen LogP contribution is 2.32. The molecule has 0 bridgehead atoms. The van der Waals surface area contributed by atoms with Crippen molar-refractivity contribution in [2.75, 3.05) is 6.61 Å². The molecular formula is C13H9BrO5. The number of hydrogen-bond donors (Lipinski definition) is 0. The van der Waals surface area contributed by atoms with Gasteiger partial charge in [-0.1, -0.05) is 34.1 Å². The summed E-state index contributed by atoms with van der Waals surface area (Å²) in [6, 6.07) is 6.80. The van der Waals surface area contributed by atoms with Crippen LogP contribution in [-0.2, 0) is 23.9 Å². The van der Waals surface area contributed by atoms with Crippen LogP contribution >= 0.6 is 15.9 Å². The van der Waals surface area contributed by atoms with Gasteiger partial charge >= 0.3 is 11.9 Å². The number of halogens is 1. The minimum absolute atomic E-state index is 0.0686.